The van der Waals surface area contributed by atoms with Gasteiger partial charge in [-0.25, -0.2) is 4.68 Å². The highest BCUT2D eigenvalue weighted by molar-refractivity contribution is 5.82. The lowest BCUT2D eigenvalue weighted by molar-refractivity contribution is -0.149. The van der Waals surface area contributed by atoms with Crippen LogP contribution in [0.2, 0.25) is 0 Å². The van der Waals surface area contributed by atoms with E-state index in [1.807, 2.05) is 42.6 Å². The van der Waals surface area contributed by atoms with Gasteiger partial charge in [-0.05, 0) is 37.0 Å². The van der Waals surface area contributed by atoms with Gasteiger partial charge in [-0.2, -0.15) is 5.10 Å². The van der Waals surface area contributed by atoms with Crippen LogP contribution in [0, 0.1) is 11.3 Å². The minimum Gasteiger partial charge on any atom is -0.481 e. The maximum atomic E-state index is 12.6. The minimum atomic E-state index is -0.751. The zero-order chi connectivity index (χ0) is 17.4. The van der Waals surface area contributed by atoms with E-state index in [0.717, 1.165) is 18.5 Å². The maximum Gasteiger partial charge on any atom is 0.311 e. The number of amides is 1. The molecule has 2 aliphatic rings. The summed E-state index contributed by atoms with van der Waals surface area (Å²) in [6, 6.07) is 11.6. The third-order valence-electron chi connectivity index (χ3n) is 5.65. The zero-order valence-electron chi connectivity index (χ0n) is 14.0. The van der Waals surface area contributed by atoms with E-state index in [0.29, 0.717) is 25.2 Å². The van der Waals surface area contributed by atoms with Crippen LogP contribution < -0.4 is 0 Å². The Hall–Kier alpha value is -2.63. The molecule has 1 N–H and O–H groups in total. The molecule has 1 aliphatic heterocycles. The second kappa shape index (κ2) is 6.02. The lowest BCUT2D eigenvalue weighted by Gasteiger charge is -2.23. The van der Waals surface area contributed by atoms with E-state index in [-0.39, 0.29) is 18.2 Å². The number of hydrogen-bond acceptors (Lipinski definition) is 3. The van der Waals surface area contributed by atoms with Gasteiger partial charge < -0.3 is 10.0 Å². The van der Waals surface area contributed by atoms with Crippen molar-refractivity contribution in [3.05, 3.63) is 48.3 Å². The Morgan fingerprint density at radius 3 is 2.76 bits per heavy atom. The summed E-state index contributed by atoms with van der Waals surface area (Å²) in [6.45, 7) is 0.899. The topological polar surface area (TPSA) is 75.4 Å². The second-order valence-electron chi connectivity index (χ2n) is 7.09. The molecule has 6 heteroatoms. The summed E-state index contributed by atoms with van der Waals surface area (Å²) in [5.74, 6) is -0.692. The van der Waals surface area contributed by atoms with Crippen molar-refractivity contribution in [2.24, 2.45) is 11.3 Å². The van der Waals surface area contributed by atoms with Crippen LogP contribution in [0.3, 0.4) is 0 Å². The Labute approximate surface area is 146 Å². The van der Waals surface area contributed by atoms with Crippen molar-refractivity contribution < 1.29 is 14.7 Å². The van der Waals surface area contributed by atoms with Gasteiger partial charge in [0.1, 0.15) is 0 Å². The number of likely N-dealkylation sites (tertiary alicyclic amines) is 1. The number of para-hydroxylation sites is 1. The standard InChI is InChI=1S/C19H21N3O3/c23-17(21-12-14-5-4-9-19(14,13-21)18(24)25)11-15-8-10-22(20-15)16-6-2-1-3-7-16/h1-3,6-8,10,14H,4-5,9,11-13H2,(H,24,25)/t14-,19-/m0/s1. The van der Waals surface area contributed by atoms with Gasteiger partial charge in [-0.3, -0.25) is 9.59 Å². The smallest absolute Gasteiger partial charge is 0.311 e. The molecule has 1 aliphatic carbocycles. The summed E-state index contributed by atoms with van der Waals surface area (Å²) >= 11 is 0. The third-order valence-corrected chi connectivity index (χ3v) is 5.65. The van der Waals surface area contributed by atoms with Crippen LogP contribution in [0.5, 0.6) is 0 Å². The molecule has 130 valence electrons. The highest BCUT2D eigenvalue weighted by Gasteiger charge is 2.55. The number of carbonyl (C=O) groups excluding carboxylic acids is 1. The summed E-state index contributed by atoms with van der Waals surface area (Å²) in [5.41, 5.74) is 0.927. The van der Waals surface area contributed by atoms with Crippen molar-refractivity contribution in [3.63, 3.8) is 0 Å². The highest BCUT2D eigenvalue weighted by Crippen LogP contribution is 2.48. The Bertz CT molecular complexity index is 801. The van der Waals surface area contributed by atoms with Crippen molar-refractivity contribution in [2.45, 2.75) is 25.7 Å². The lowest BCUT2D eigenvalue weighted by atomic mass is 9.81. The van der Waals surface area contributed by atoms with Crippen LogP contribution in [0.15, 0.2) is 42.6 Å². The molecular formula is C19H21N3O3. The third kappa shape index (κ3) is 2.71. The fourth-order valence-corrected chi connectivity index (χ4v) is 4.28. The summed E-state index contributed by atoms with van der Waals surface area (Å²) in [5, 5.41) is 14.1. The number of aromatic nitrogens is 2. The Morgan fingerprint density at radius 1 is 1.24 bits per heavy atom. The highest BCUT2D eigenvalue weighted by atomic mass is 16.4. The predicted octanol–water partition coefficient (Wildman–Crippen LogP) is 2.13. The number of benzene rings is 1. The zero-order valence-corrected chi connectivity index (χ0v) is 14.0. The average Bonchev–Trinajstić information content (AvgIpc) is 3.29. The molecule has 4 rings (SSSR count). The summed E-state index contributed by atoms with van der Waals surface area (Å²) in [7, 11) is 0. The molecule has 1 aromatic carbocycles. The molecule has 0 spiro atoms. The fraction of sp³-hybridized carbons (Fsp3) is 0.421. The molecule has 1 aromatic heterocycles. The van der Waals surface area contributed by atoms with Crippen LogP contribution in [0.25, 0.3) is 5.69 Å². The van der Waals surface area contributed by atoms with Crippen LogP contribution >= 0.6 is 0 Å². The largest absolute Gasteiger partial charge is 0.481 e. The molecule has 0 bridgehead atoms. The molecule has 2 fully saturated rings. The first-order valence-corrected chi connectivity index (χ1v) is 8.70. The van der Waals surface area contributed by atoms with Gasteiger partial charge in [0.15, 0.2) is 0 Å². The summed E-state index contributed by atoms with van der Waals surface area (Å²) < 4.78 is 1.75. The van der Waals surface area contributed by atoms with E-state index in [9.17, 15) is 14.7 Å². The van der Waals surface area contributed by atoms with Gasteiger partial charge in [0.2, 0.25) is 5.91 Å². The van der Waals surface area contributed by atoms with E-state index >= 15 is 0 Å². The van der Waals surface area contributed by atoms with Crippen LogP contribution in [-0.2, 0) is 16.0 Å². The van der Waals surface area contributed by atoms with E-state index < -0.39 is 11.4 Å². The van der Waals surface area contributed by atoms with Crippen molar-refractivity contribution >= 4 is 11.9 Å². The molecule has 6 nitrogen and oxygen atoms in total. The first kappa shape index (κ1) is 15.9. The molecule has 1 saturated carbocycles. The van der Waals surface area contributed by atoms with Gasteiger partial charge in [0, 0.05) is 19.3 Å². The lowest BCUT2D eigenvalue weighted by Crippen LogP contribution is -2.37. The van der Waals surface area contributed by atoms with Crippen molar-refractivity contribution in [2.75, 3.05) is 13.1 Å². The van der Waals surface area contributed by atoms with Crippen LogP contribution in [0.4, 0.5) is 0 Å². The molecule has 2 atom stereocenters. The number of carboxylic acids is 1. The molecule has 2 heterocycles. The number of hydrogen-bond donors (Lipinski definition) is 1. The number of fused-ring (bicyclic) bond motifs is 1. The molecular weight excluding hydrogens is 318 g/mol. The maximum absolute atomic E-state index is 12.6. The Balaban J connectivity index is 1.45. The summed E-state index contributed by atoms with van der Waals surface area (Å²) in [4.78, 5) is 26.1. The van der Waals surface area contributed by atoms with Crippen LogP contribution in [0.1, 0.15) is 25.0 Å². The van der Waals surface area contributed by atoms with E-state index in [4.69, 9.17) is 0 Å². The Kier molecular flexibility index (Phi) is 3.82. The van der Waals surface area contributed by atoms with Crippen molar-refractivity contribution in [1.29, 1.82) is 0 Å². The second-order valence-corrected chi connectivity index (χ2v) is 7.09. The first-order chi connectivity index (χ1) is 12.1. The monoisotopic (exact) mass is 339 g/mol. The number of carbonyl (C=O) groups is 2. The molecule has 25 heavy (non-hydrogen) atoms. The fourth-order valence-electron chi connectivity index (χ4n) is 4.28. The van der Waals surface area contributed by atoms with Crippen molar-refractivity contribution in [1.82, 2.24) is 14.7 Å². The molecule has 0 unspecified atom stereocenters. The molecule has 1 saturated heterocycles. The van der Waals surface area contributed by atoms with Gasteiger partial charge in [-0.15, -0.1) is 0 Å². The number of rotatable bonds is 4. The quantitative estimate of drug-likeness (QED) is 0.926. The number of aliphatic carboxylic acids is 1. The van der Waals surface area contributed by atoms with E-state index in [2.05, 4.69) is 5.10 Å². The minimum absolute atomic E-state index is 0.0339. The predicted molar refractivity (Wildman–Crippen MR) is 91.3 cm³/mol. The molecule has 0 radical (unpaired) electrons. The average molecular weight is 339 g/mol. The van der Waals surface area contributed by atoms with E-state index in [1.54, 1.807) is 9.58 Å². The van der Waals surface area contributed by atoms with Gasteiger partial charge in [0.05, 0.1) is 23.2 Å². The molecule has 1 amide bonds. The molecule has 2 aromatic rings. The Morgan fingerprint density at radius 2 is 2.04 bits per heavy atom. The normalized spacial score (nSPS) is 25.1. The number of carboxylic acid groups (broad SMARTS) is 1. The first-order valence-electron chi connectivity index (χ1n) is 8.70. The van der Waals surface area contributed by atoms with Crippen LogP contribution in [-0.4, -0.2) is 44.8 Å². The SMILES string of the molecule is O=C(Cc1ccn(-c2ccccc2)n1)N1C[C@@H]2CCC[C@]2(C(=O)O)C1. The van der Waals surface area contributed by atoms with Gasteiger partial charge in [-0.1, -0.05) is 24.6 Å². The number of nitrogens with zero attached hydrogens (tertiary/aromatic N) is 3. The van der Waals surface area contributed by atoms with Gasteiger partial charge >= 0.3 is 5.97 Å². The van der Waals surface area contributed by atoms with Gasteiger partial charge in [0.25, 0.3) is 0 Å². The van der Waals surface area contributed by atoms with Crippen molar-refractivity contribution in [3.8, 4) is 5.69 Å². The summed E-state index contributed by atoms with van der Waals surface area (Å²) in [6.07, 6.45) is 4.58. The van der Waals surface area contributed by atoms with E-state index in [1.165, 1.54) is 0 Å².